The summed E-state index contributed by atoms with van der Waals surface area (Å²) in [4.78, 5) is 4.20. The maximum absolute atomic E-state index is 13.2. The lowest BCUT2D eigenvalue weighted by Crippen LogP contribution is -1.89. The van der Waals surface area contributed by atoms with Crippen LogP contribution < -0.4 is 0 Å². The molecule has 1 aromatic carbocycles. The fourth-order valence-corrected chi connectivity index (χ4v) is 1.95. The standard InChI is InChI=1S/C12H12BrFN2O2/c13-10-5-4-8(14)7-9(10)12-15-11(18-16-12)3-1-2-6-17/h4-5,7,17H,1-3,6H2. The average Bonchev–Trinajstić information content (AvgIpc) is 2.81. The Labute approximate surface area is 112 Å². The van der Waals surface area contributed by atoms with Crippen LogP contribution in [0.1, 0.15) is 18.7 Å². The van der Waals surface area contributed by atoms with Gasteiger partial charge in [-0.05, 0) is 31.0 Å². The molecule has 1 heterocycles. The highest BCUT2D eigenvalue weighted by Crippen LogP contribution is 2.26. The van der Waals surface area contributed by atoms with Crippen molar-refractivity contribution in [2.24, 2.45) is 0 Å². The molecule has 0 bridgehead atoms. The van der Waals surface area contributed by atoms with Gasteiger partial charge in [-0.3, -0.25) is 0 Å². The molecule has 1 aromatic heterocycles. The number of unbranched alkanes of at least 4 members (excludes halogenated alkanes) is 1. The van der Waals surface area contributed by atoms with Gasteiger partial charge < -0.3 is 9.63 Å². The molecule has 2 rings (SSSR count). The SMILES string of the molecule is OCCCCc1nc(-c2cc(F)ccc2Br)no1. The zero-order valence-corrected chi connectivity index (χ0v) is 11.2. The second-order valence-electron chi connectivity index (χ2n) is 3.82. The summed E-state index contributed by atoms with van der Waals surface area (Å²) in [5.74, 6) is 0.509. The molecule has 0 amide bonds. The van der Waals surface area contributed by atoms with Gasteiger partial charge in [0.1, 0.15) is 5.82 Å². The summed E-state index contributed by atoms with van der Waals surface area (Å²) in [7, 11) is 0. The molecule has 0 aliphatic rings. The largest absolute Gasteiger partial charge is 0.396 e. The van der Waals surface area contributed by atoms with E-state index in [9.17, 15) is 4.39 Å². The van der Waals surface area contributed by atoms with Crippen LogP contribution in [-0.2, 0) is 6.42 Å². The van der Waals surface area contributed by atoms with E-state index in [4.69, 9.17) is 9.63 Å². The summed E-state index contributed by atoms with van der Waals surface area (Å²) < 4.78 is 18.9. The Morgan fingerprint density at radius 2 is 2.17 bits per heavy atom. The third-order valence-corrected chi connectivity index (χ3v) is 3.13. The van der Waals surface area contributed by atoms with E-state index in [-0.39, 0.29) is 12.4 Å². The molecule has 0 radical (unpaired) electrons. The molecule has 0 saturated heterocycles. The van der Waals surface area contributed by atoms with Gasteiger partial charge in [-0.15, -0.1) is 0 Å². The van der Waals surface area contributed by atoms with Crippen molar-refractivity contribution in [3.63, 3.8) is 0 Å². The van der Waals surface area contributed by atoms with Gasteiger partial charge in [-0.2, -0.15) is 4.98 Å². The zero-order valence-electron chi connectivity index (χ0n) is 9.57. The fraction of sp³-hybridized carbons (Fsp3) is 0.333. The van der Waals surface area contributed by atoms with E-state index in [0.717, 1.165) is 6.42 Å². The quantitative estimate of drug-likeness (QED) is 0.862. The Morgan fingerprint density at radius 3 is 2.94 bits per heavy atom. The monoisotopic (exact) mass is 314 g/mol. The number of hydrogen-bond acceptors (Lipinski definition) is 4. The second kappa shape index (κ2) is 6.06. The molecule has 96 valence electrons. The number of aliphatic hydroxyl groups excluding tert-OH is 1. The van der Waals surface area contributed by atoms with Crippen molar-refractivity contribution in [3.05, 3.63) is 34.4 Å². The third-order valence-electron chi connectivity index (χ3n) is 2.44. The predicted molar refractivity (Wildman–Crippen MR) is 67.4 cm³/mol. The van der Waals surface area contributed by atoms with Crippen molar-refractivity contribution >= 4 is 15.9 Å². The van der Waals surface area contributed by atoms with E-state index in [0.29, 0.717) is 34.6 Å². The molecule has 18 heavy (non-hydrogen) atoms. The van der Waals surface area contributed by atoms with E-state index in [1.54, 1.807) is 6.07 Å². The van der Waals surface area contributed by atoms with Gasteiger partial charge >= 0.3 is 0 Å². The molecule has 2 aromatic rings. The number of halogens is 2. The van der Waals surface area contributed by atoms with E-state index in [1.165, 1.54) is 12.1 Å². The van der Waals surface area contributed by atoms with Crippen LogP contribution in [0.3, 0.4) is 0 Å². The van der Waals surface area contributed by atoms with Crippen LogP contribution in [0.25, 0.3) is 11.4 Å². The van der Waals surface area contributed by atoms with Crippen LogP contribution in [0.4, 0.5) is 4.39 Å². The van der Waals surface area contributed by atoms with Gasteiger partial charge in [-0.25, -0.2) is 4.39 Å². The van der Waals surface area contributed by atoms with Crippen LogP contribution >= 0.6 is 15.9 Å². The molecular formula is C12H12BrFN2O2. The van der Waals surface area contributed by atoms with E-state index in [2.05, 4.69) is 26.1 Å². The molecule has 0 aliphatic heterocycles. The zero-order chi connectivity index (χ0) is 13.0. The lowest BCUT2D eigenvalue weighted by atomic mass is 10.2. The molecule has 0 unspecified atom stereocenters. The topological polar surface area (TPSA) is 59.2 Å². The van der Waals surface area contributed by atoms with Crippen molar-refractivity contribution in [3.8, 4) is 11.4 Å². The van der Waals surface area contributed by atoms with Gasteiger partial charge in [0.15, 0.2) is 0 Å². The maximum Gasteiger partial charge on any atom is 0.226 e. The van der Waals surface area contributed by atoms with Crippen molar-refractivity contribution < 1.29 is 14.0 Å². The van der Waals surface area contributed by atoms with E-state index >= 15 is 0 Å². The number of rotatable bonds is 5. The summed E-state index contributed by atoms with van der Waals surface area (Å²) in [5, 5.41) is 12.5. The molecule has 4 nitrogen and oxygen atoms in total. The Morgan fingerprint density at radius 1 is 1.33 bits per heavy atom. The first-order valence-electron chi connectivity index (χ1n) is 5.59. The summed E-state index contributed by atoms with van der Waals surface area (Å²) >= 11 is 3.32. The molecular weight excluding hydrogens is 303 g/mol. The highest BCUT2D eigenvalue weighted by molar-refractivity contribution is 9.10. The number of aryl methyl sites for hydroxylation is 1. The number of aromatic nitrogens is 2. The van der Waals surface area contributed by atoms with Crippen LogP contribution in [0.2, 0.25) is 0 Å². The lowest BCUT2D eigenvalue weighted by molar-refractivity contribution is 0.281. The summed E-state index contributed by atoms with van der Waals surface area (Å²) in [5.41, 5.74) is 0.562. The lowest BCUT2D eigenvalue weighted by Gasteiger charge is -1.98. The normalized spacial score (nSPS) is 10.8. The minimum atomic E-state index is -0.347. The van der Waals surface area contributed by atoms with Gasteiger partial charge in [-0.1, -0.05) is 21.1 Å². The molecule has 0 aliphatic carbocycles. The van der Waals surface area contributed by atoms with Gasteiger partial charge in [0, 0.05) is 23.1 Å². The highest BCUT2D eigenvalue weighted by atomic mass is 79.9. The molecule has 0 fully saturated rings. The first-order chi connectivity index (χ1) is 8.70. The van der Waals surface area contributed by atoms with Crippen molar-refractivity contribution in [1.29, 1.82) is 0 Å². The number of hydrogen-bond donors (Lipinski definition) is 1. The minimum Gasteiger partial charge on any atom is -0.396 e. The van der Waals surface area contributed by atoms with Gasteiger partial charge in [0.25, 0.3) is 0 Å². The highest BCUT2D eigenvalue weighted by Gasteiger charge is 2.12. The average molecular weight is 315 g/mol. The third kappa shape index (κ3) is 3.14. The van der Waals surface area contributed by atoms with Crippen molar-refractivity contribution in [2.45, 2.75) is 19.3 Å². The summed E-state index contributed by atoms with van der Waals surface area (Å²) in [6.07, 6.45) is 2.09. The van der Waals surface area contributed by atoms with Crippen LogP contribution in [-0.4, -0.2) is 21.9 Å². The van der Waals surface area contributed by atoms with E-state index < -0.39 is 0 Å². The van der Waals surface area contributed by atoms with Gasteiger partial charge in [0.2, 0.25) is 11.7 Å². The smallest absolute Gasteiger partial charge is 0.226 e. The summed E-state index contributed by atoms with van der Waals surface area (Å²) in [6.45, 7) is 0.149. The molecule has 0 spiro atoms. The first kappa shape index (κ1) is 13.2. The molecule has 6 heteroatoms. The van der Waals surface area contributed by atoms with Crippen LogP contribution in [0.5, 0.6) is 0 Å². The predicted octanol–water partition coefficient (Wildman–Crippen LogP) is 2.95. The molecule has 1 N–H and O–H groups in total. The maximum atomic E-state index is 13.2. The van der Waals surface area contributed by atoms with Crippen LogP contribution in [0.15, 0.2) is 27.2 Å². The summed E-state index contributed by atoms with van der Waals surface area (Å²) in [6, 6.07) is 4.31. The Hall–Kier alpha value is -1.27. The minimum absolute atomic E-state index is 0.149. The fourth-order valence-electron chi connectivity index (χ4n) is 1.52. The van der Waals surface area contributed by atoms with Crippen molar-refractivity contribution in [2.75, 3.05) is 6.61 Å². The van der Waals surface area contributed by atoms with E-state index in [1.807, 2.05) is 0 Å². The molecule has 0 atom stereocenters. The Kier molecular flexibility index (Phi) is 4.43. The first-order valence-corrected chi connectivity index (χ1v) is 6.39. The van der Waals surface area contributed by atoms with Gasteiger partial charge in [0.05, 0.1) is 0 Å². The Balaban J connectivity index is 2.16. The number of benzene rings is 1. The number of aliphatic hydroxyl groups is 1. The Bertz CT molecular complexity index is 531. The van der Waals surface area contributed by atoms with Crippen LogP contribution in [0, 0.1) is 5.82 Å². The number of nitrogens with zero attached hydrogens (tertiary/aromatic N) is 2. The second-order valence-corrected chi connectivity index (χ2v) is 4.67. The molecule has 0 saturated carbocycles. The van der Waals surface area contributed by atoms with Crippen molar-refractivity contribution in [1.82, 2.24) is 10.1 Å².